The smallest absolute Gasteiger partial charge is 0.122 e. The van der Waals surface area contributed by atoms with Crippen LogP contribution in [0.1, 0.15) is 50.7 Å². The fraction of sp³-hybridized carbons (Fsp3) is 0.571. The summed E-state index contributed by atoms with van der Waals surface area (Å²) in [5, 5.41) is 0. The van der Waals surface area contributed by atoms with Crippen LogP contribution in [0.5, 0.6) is 11.5 Å². The van der Waals surface area contributed by atoms with Gasteiger partial charge in [0.2, 0.25) is 0 Å². The van der Waals surface area contributed by atoms with Gasteiger partial charge in [-0.05, 0) is 24.0 Å². The van der Waals surface area contributed by atoms with Crippen molar-refractivity contribution in [1.82, 2.24) is 0 Å². The highest BCUT2D eigenvalue weighted by molar-refractivity contribution is 5.49. The zero-order valence-electron chi connectivity index (χ0n) is 11.1. The van der Waals surface area contributed by atoms with Gasteiger partial charge in [0.15, 0.2) is 0 Å². The maximum Gasteiger partial charge on any atom is 0.122 e. The third-order valence-corrected chi connectivity index (χ3v) is 2.83. The first-order valence-corrected chi connectivity index (χ1v) is 5.77. The van der Waals surface area contributed by atoms with Gasteiger partial charge in [0.25, 0.3) is 0 Å². The van der Waals surface area contributed by atoms with Crippen molar-refractivity contribution in [2.45, 2.75) is 39.5 Å². The Hall–Kier alpha value is -1.18. The summed E-state index contributed by atoms with van der Waals surface area (Å²) in [5.74, 6) is 2.79. The molecule has 16 heavy (non-hydrogen) atoms. The van der Waals surface area contributed by atoms with Crippen LogP contribution >= 0.6 is 0 Å². The van der Waals surface area contributed by atoms with E-state index >= 15 is 0 Å². The second-order valence-corrected chi connectivity index (χ2v) is 4.65. The van der Waals surface area contributed by atoms with E-state index in [0.717, 1.165) is 11.5 Å². The van der Waals surface area contributed by atoms with Gasteiger partial charge in [0, 0.05) is 11.1 Å². The second kappa shape index (κ2) is 5.24. The summed E-state index contributed by atoms with van der Waals surface area (Å²) in [6.07, 6.45) is 0. The van der Waals surface area contributed by atoms with E-state index < -0.39 is 0 Å². The molecule has 1 aromatic carbocycles. The molecule has 0 fully saturated rings. The number of benzene rings is 1. The van der Waals surface area contributed by atoms with Gasteiger partial charge in [0.1, 0.15) is 11.5 Å². The Morgan fingerprint density at radius 2 is 1.06 bits per heavy atom. The second-order valence-electron chi connectivity index (χ2n) is 4.65. The molecule has 0 aromatic heterocycles. The molecule has 90 valence electrons. The lowest BCUT2D eigenvalue weighted by molar-refractivity contribution is 0.391. The van der Waals surface area contributed by atoms with Gasteiger partial charge in [-0.3, -0.25) is 0 Å². The molecular weight excluding hydrogens is 200 g/mol. The summed E-state index contributed by atoms with van der Waals surface area (Å²) in [5.41, 5.74) is 2.40. The highest BCUT2D eigenvalue weighted by Gasteiger charge is 2.15. The molecule has 1 aromatic rings. The Morgan fingerprint density at radius 3 is 1.25 bits per heavy atom. The molecular formula is C14H22O2. The van der Waals surface area contributed by atoms with E-state index in [1.807, 2.05) is 0 Å². The largest absolute Gasteiger partial charge is 0.496 e. The van der Waals surface area contributed by atoms with Crippen LogP contribution in [0.15, 0.2) is 12.1 Å². The first-order chi connectivity index (χ1) is 7.51. The minimum atomic E-state index is 0.435. The summed E-state index contributed by atoms with van der Waals surface area (Å²) in [6, 6.07) is 4.19. The SMILES string of the molecule is COc1cc(C(C)C)c(OC)cc1C(C)C. The van der Waals surface area contributed by atoms with Crippen molar-refractivity contribution >= 4 is 0 Å². The summed E-state index contributed by atoms with van der Waals surface area (Å²) in [7, 11) is 3.44. The van der Waals surface area contributed by atoms with Crippen molar-refractivity contribution in [3.63, 3.8) is 0 Å². The maximum absolute atomic E-state index is 5.44. The third kappa shape index (κ3) is 2.49. The predicted molar refractivity (Wildman–Crippen MR) is 67.7 cm³/mol. The molecule has 0 unspecified atom stereocenters. The highest BCUT2D eigenvalue weighted by Crippen LogP contribution is 2.36. The molecule has 0 atom stereocenters. The number of rotatable bonds is 4. The molecule has 0 bridgehead atoms. The first kappa shape index (κ1) is 12.9. The van der Waals surface area contributed by atoms with Crippen LogP contribution in [0.2, 0.25) is 0 Å². The van der Waals surface area contributed by atoms with Crippen LogP contribution in [-0.2, 0) is 0 Å². The molecule has 0 aliphatic carbocycles. The molecule has 0 N–H and O–H groups in total. The number of ether oxygens (including phenoxy) is 2. The average Bonchev–Trinajstić information content (AvgIpc) is 2.26. The molecule has 0 heterocycles. The van der Waals surface area contributed by atoms with Crippen molar-refractivity contribution in [3.05, 3.63) is 23.3 Å². The van der Waals surface area contributed by atoms with E-state index in [2.05, 4.69) is 39.8 Å². The maximum atomic E-state index is 5.44. The van der Waals surface area contributed by atoms with Crippen molar-refractivity contribution in [3.8, 4) is 11.5 Å². The quantitative estimate of drug-likeness (QED) is 0.768. The number of hydrogen-bond acceptors (Lipinski definition) is 2. The molecule has 0 amide bonds. The molecule has 1 rings (SSSR count). The number of hydrogen-bond donors (Lipinski definition) is 0. The van der Waals surface area contributed by atoms with Gasteiger partial charge < -0.3 is 9.47 Å². The molecule has 0 aliphatic rings. The zero-order valence-corrected chi connectivity index (χ0v) is 11.1. The topological polar surface area (TPSA) is 18.5 Å². The normalized spacial score (nSPS) is 11.0. The van der Waals surface area contributed by atoms with Gasteiger partial charge >= 0.3 is 0 Å². The number of methoxy groups -OCH3 is 2. The molecule has 0 radical (unpaired) electrons. The van der Waals surface area contributed by atoms with Crippen LogP contribution in [0, 0.1) is 0 Å². The van der Waals surface area contributed by atoms with Gasteiger partial charge in [-0.1, -0.05) is 27.7 Å². The summed E-state index contributed by atoms with van der Waals surface area (Å²) >= 11 is 0. The van der Waals surface area contributed by atoms with Gasteiger partial charge in [0.05, 0.1) is 14.2 Å². The van der Waals surface area contributed by atoms with E-state index in [9.17, 15) is 0 Å². The highest BCUT2D eigenvalue weighted by atomic mass is 16.5. The van der Waals surface area contributed by atoms with Gasteiger partial charge in [-0.25, -0.2) is 0 Å². The van der Waals surface area contributed by atoms with Crippen LogP contribution < -0.4 is 9.47 Å². The first-order valence-electron chi connectivity index (χ1n) is 5.77. The Labute approximate surface area is 98.6 Å². The Morgan fingerprint density at radius 1 is 0.750 bits per heavy atom. The fourth-order valence-electron chi connectivity index (χ4n) is 1.85. The lowest BCUT2D eigenvalue weighted by atomic mass is 9.95. The van der Waals surface area contributed by atoms with E-state index in [1.165, 1.54) is 11.1 Å². The molecule has 2 heteroatoms. The van der Waals surface area contributed by atoms with E-state index in [1.54, 1.807) is 14.2 Å². The Bertz CT molecular complexity index is 318. The summed E-state index contributed by atoms with van der Waals surface area (Å²) in [4.78, 5) is 0. The van der Waals surface area contributed by atoms with Crippen LogP contribution in [0.3, 0.4) is 0 Å². The van der Waals surface area contributed by atoms with Crippen LogP contribution in [0.25, 0.3) is 0 Å². The lowest BCUT2D eigenvalue weighted by Crippen LogP contribution is -2.00. The molecule has 0 aliphatic heterocycles. The fourth-order valence-corrected chi connectivity index (χ4v) is 1.85. The zero-order chi connectivity index (χ0) is 12.3. The lowest BCUT2D eigenvalue weighted by Gasteiger charge is -2.18. The minimum Gasteiger partial charge on any atom is -0.496 e. The summed E-state index contributed by atoms with van der Waals surface area (Å²) < 4.78 is 10.9. The van der Waals surface area contributed by atoms with Crippen LogP contribution in [0.4, 0.5) is 0 Å². The monoisotopic (exact) mass is 222 g/mol. The molecule has 0 saturated carbocycles. The molecule has 0 spiro atoms. The van der Waals surface area contributed by atoms with E-state index in [-0.39, 0.29) is 0 Å². The van der Waals surface area contributed by atoms with E-state index in [0.29, 0.717) is 11.8 Å². The Kier molecular flexibility index (Phi) is 4.22. The van der Waals surface area contributed by atoms with E-state index in [4.69, 9.17) is 9.47 Å². The van der Waals surface area contributed by atoms with Crippen LogP contribution in [-0.4, -0.2) is 14.2 Å². The third-order valence-electron chi connectivity index (χ3n) is 2.83. The average molecular weight is 222 g/mol. The van der Waals surface area contributed by atoms with Crippen molar-refractivity contribution in [2.75, 3.05) is 14.2 Å². The van der Waals surface area contributed by atoms with Crippen molar-refractivity contribution < 1.29 is 9.47 Å². The molecule has 2 nitrogen and oxygen atoms in total. The van der Waals surface area contributed by atoms with Crippen molar-refractivity contribution in [1.29, 1.82) is 0 Å². The van der Waals surface area contributed by atoms with Gasteiger partial charge in [-0.15, -0.1) is 0 Å². The summed E-state index contributed by atoms with van der Waals surface area (Å²) in [6.45, 7) is 8.64. The molecule has 0 saturated heterocycles. The standard InChI is InChI=1S/C14H22O2/c1-9(2)11-7-14(16-6)12(10(3)4)8-13(11)15-5/h7-10H,1-6H3. The predicted octanol–water partition coefficient (Wildman–Crippen LogP) is 3.95. The van der Waals surface area contributed by atoms with Gasteiger partial charge in [-0.2, -0.15) is 0 Å². The Balaban J connectivity index is 3.34. The minimum absolute atomic E-state index is 0.435. The van der Waals surface area contributed by atoms with Crippen molar-refractivity contribution in [2.24, 2.45) is 0 Å².